The molecule has 2 aliphatic rings. The maximum absolute atomic E-state index is 11.9. The summed E-state index contributed by atoms with van der Waals surface area (Å²) < 4.78 is 24.3. The van der Waals surface area contributed by atoms with Crippen LogP contribution >= 0.6 is 27.7 Å². The van der Waals surface area contributed by atoms with Gasteiger partial charge in [-0.3, -0.25) is 0 Å². The lowest BCUT2D eigenvalue weighted by atomic mass is 9.99. The third-order valence-electron chi connectivity index (χ3n) is 4.39. The summed E-state index contributed by atoms with van der Waals surface area (Å²) in [6.45, 7) is 1.97. The highest BCUT2D eigenvalue weighted by Gasteiger charge is 2.39. The molecule has 2 heterocycles. The number of benzene rings is 2. The highest BCUT2D eigenvalue weighted by Crippen LogP contribution is 2.40. The topological polar surface area (TPSA) is 124 Å². The van der Waals surface area contributed by atoms with Crippen LogP contribution in [-0.4, -0.2) is 23.0 Å². The van der Waals surface area contributed by atoms with E-state index < -0.39 is 16.1 Å². The minimum Gasteiger partial charge on any atom is -0.339 e. The van der Waals surface area contributed by atoms with Crippen LogP contribution in [0.1, 0.15) is 17.2 Å². The molecule has 0 amide bonds. The number of aryl methyl sites for hydroxylation is 1. The van der Waals surface area contributed by atoms with Gasteiger partial charge in [-0.05, 0) is 48.5 Å². The van der Waals surface area contributed by atoms with Crippen molar-refractivity contribution in [2.45, 2.75) is 13.0 Å². The molecule has 0 saturated heterocycles. The van der Waals surface area contributed by atoms with E-state index in [1.165, 1.54) is 5.01 Å². The van der Waals surface area contributed by atoms with Crippen LogP contribution in [0.4, 0.5) is 5.69 Å². The van der Waals surface area contributed by atoms with Crippen LogP contribution in [0.2, 0.25) is 0 Å². The summed E-state index contributed by atoms with van der Waals surface area (Å²) in [5, 5.41) is 24.2. The molecule has 8 nitrogen and oxygen atoms in total. The summed E-state index contributed by atoms with van der Waals surface area (Å²) >= 11 is 4.25. The van der Waals surface area contributed by atoms with Crippen molar-refractivity contribution >= 4 is 52.9 Å². The van der Waals surface area contributed by atoms with Crippen molar-refractivity contribution in [3.05, 3.63) is 75.5 Å². The smallest absolute Gasteiger partial charge is 0.264 e. The maximum atomic E-state index is 11.9. The zero-order valence-corrected chi connectivity index (χ0v) is 18.8. The summed E-state index contributed by atoms with van der Waals surface area (Å²) in [7, 11) is -4.02. The minimum atomic E-state index is -4.02. The molecule has 0 aromatic heterocycles. The lowest BCUT2D eigenvalue weighted by Crippen LogP contribution is -2.31. The Morgan fingerprint density at radius 3 is 2.47 bits per heavy atom. The number of sulfonamides is 1. The van der Waals surface area contributed by atoms with E-state index in [1.807, 2.05) is 55.5 Å². The molecule has 0 spiro atoms. The van der Waals surface area contributed by atoms with Crippen molar-refractivity contribution in [1.82, 2.24) is 5.01 Å². The lowest BCUT2D eigenvalue weighted by molar-refractivity contribution is 0.538. The van der Waals surface area contributed by atoms with Crippen LogP contribution in [0.15, 0.2) is 74.5 Å². The predicted molar refractivity (Wildman–Crippen MR) is 122 cm³/mol. The van der Waals surface area contributed by atoms with Crippen LogP contribution in [0.3, 0.4) is 0 Å². The Bertz CT molecular complexity index is 1250. The van der Waals surface area contributed by atoms with Crippen LogP contribution in [0.25, 0.3) is 0 Å². The number of primary sulfonamides is 1. The Labute approximate surface area is 186 Å². The van der Waals surface area contributed by atoms with Crippen molar-refractivity contribution in [3.63, 3.8) is 0 Å². The zero-order valence-electron chi connectivity index (χ0n) is 15.6. The van der Waals surface area contributed by atoms with Gasteiger partial charge in [-0.2, -0.15) is 10.3 Å². The van der Waals surface area contributed by atoms with Gasteiger partial charge in [0, 0.05) is 10.2 Å². The molecular formula is C19H15BrN6O2S2. The second-order valence-corrected chi connectivity index (χ2v) is 10.2. The lowest BCUT2D eigenvalue weighted by Gasteiger charge is -2.28. The number of aliphatic imine (C=N–C) groups is 1. The largest absolute Gasteiger partial charge is 0.339 e. The molecule has 2 aromatic rings. The molecule has 3 N–H and O–H groups in total. The first-order valence-corrected chi connectivity index (χ1v) is 11.8. The number of hydrazone groups is 1. The SMILES string of the molecule is Cc1ccc(NC2=C(C#N)C(c3ccc(Br)cc3)N=C3SC(S(N)(=O)=O)=NN32)cc1. The molecule has 2 aliphatic heterocycles. The van der Waals surface area contributed by atoms with Gasteiger partial charge in [0.05, 0.1) is 0 Å². The fraction of sp³-hybridized carbons (Fsp3) is 0.105. The van der Waals surface area contributed by atoms with E-state index in [4.69, 9.17) is 5.14 Å². The number of anilines is 1. The predicted octanol–water partition coefficient (Wildman–Crippen LogP) is 3.62. The third kappa shape index (κ3) is 3.99. The van der Waals surface area contributed by atoms with E-state index in [1.54, 1.807) is 0 Å². The molecule has 152 valence electrons. The number of hydrogen-bond acceptors (Lipinski definition) is 8. The van der Waals surface area contributed by atoms with Gasteiger partial charge in [-0.15, -0.1) is 5.10 Å². The molecule has 0 aliphatic carbocycles. The Morgan fingerprint density at radius 2 is 1.87 bits per heavy atom. The number of thioether (sulfide) groups is 1. The standard InChI is InChI=1S/C19H15BrN6O2S2/c1-11-2-8-14(9-3-11)23-17-15(10-21)16(12-4-6-13(20)7-5-12)24-18-26(17)25-19(29-18)30(22,27)28/h2-9,16,23H,1H3,(H2,22,27,28). The van der Waals surface area contributed by atoms with Gasteiger partial charge in [0.1, 0.15) is 17.7 Å². The first-order chi connectivity index (χ1) is 14.3. The average Bonchev–Trinajstić information content (AvgIpc) is 3.15. The fourth-order valence-electron chi connectivity index (χ4n) is 2.92. The number of nitrogens with zero attached hydrogens (tertiary/aromatic N) is 4. The van der Waals surface area contributed by atoms with Gasteiger partial charge >= 0.3 is 0 Å². The Kier molecular flexibility index (Phi) is 5.42. The molecule has 2 aromatic carbocycles. The number of halogens is 1. The van der Waals surface area contributed by atoms with E-state index in [9.17, 15) is 13.7 Å². The Hall–Kier alpha value is -2.65. The number of nitrogens with two attached hydrogens (primary N) is 1. The quantitative estimate of drug-likeness (QED) is 0.660. The molecule has 30 heavy (non-hydrogen) atoms. The molecule has 1 unspecified atom stereocenters. The molecule has 0 fully saturated rings. The van der Waals surface area contributed by atoms with Gasteiger partial charge in [0.25, 0.3) is 10.0 Å². The first-order valence-electron chi connectivity index (χ1n) is 8.67. The molecule has 0 saturated carbocycles. The first kappa shape index (κ1) is 20.6. The maximum Gasteiger partial charge on any atom is 0.264 e. The van der Waals surface area contributed by atoms with Gasteiger partial charge in [0.2, 0.25) is 4.38 Å². The molecule has 1 atom stereocenters. The van der Waals surface area contributed by atoms with Crippen molar-refractivity contribution < 1.29 is 8.42 Å². The van der Waals surface area contributed by atoms with Crippen molar-refractivity contribution in [3.8, 4) is 6.07 Å². The average molecular weight is 503 g/mol. The van der Waals surface area contributed by atoms with Gasteiger partial charge in [0.15, 0.2) is 11.0 Å². The van der Waals surface area contributed by atoms with Crippen molar-refractivity contribution in [2.24, 2.45) is 15.2 Å². The molecule has 0 bridgehead atoms. The van der Waals surface area contributed by atoms with E-state index >= 15 is 0 Å². The summed E-state index contributed by atoms with van der Waals surface area (Å²) in [4.78, 5) is 4.60. The van der Waals surface area contributed by atoms with Crippen LogP contribution in [-0.2, 0) is 10.0 Å². The number of hydrogen-bond donors (Lipinski definition) is 2. The summed E-state index contributed by atoms with van der Waals surface area (Å²) in [6, 6.07) is 16.6. The highest BCUT2D eigenvalue weighted by atomic mass is 79.9. The number of fused-ring (bicyclic) bond motifs is 1. The number of nitrogens with one attached hydrogen (secondary N) is 1. The van der Waals surface area contributed by atoms with Crippen LogP contribution < -0.4 is 10.5 Å². The summed E-state index contributed by atoms with van der Waals surface area (Å²) in [5.74, 6) is 0.338. The molecule has 4 rings (SSSR count). The van der Waals surface area contributed by atoms with E-state index in [0.717, 1.165) is 33.0 Å². The highest BCUT2D eigenvalue weighted by molar-refractivity contribution is 9.10. The summed E-state index contributed by atoms with van der Waals surface area (Å²) in [6.07, 6.45) is 0. The third-order valence-corrected chi connectivity index (χ3v) is 7.15. The fourth-order valence-corrected chi connectivity index (χ4v) is 4.72. The molecule has 0 radical (unpaired) electrons. The Morgan fingerprint density at radius 1 is 1.20 bits per heavy atom. The van der Waals surface area contributed by atoms with Crippen LogP contribution in [0.5, 0.6) is 0 Å². The normalized spacial score (nSPS) is 18.5. The van der Waals surface area contributed by atoms with Gasteiger partial charge < -0.3 is 5.32 Å². The van der Waals surface area contributed by atoms with Gasteiger partial charge in [-0.1, -0.05) is 45.8 Å². The van der Waals surface area contributed by atoms with E-state index in [2.05, 4.69) is 37.4 Å². The van der Waals surface area contributed by atoms with Crippen molar-refractivity contribution in [1.29, 1.82) is 5.26 Å². The molecule has 11 heteroatoms. The Balaban J connectivity index is 1.85. The van der Waals surface area contributed by atoms with E-state index in [-0.39, 0.29) is 4.38 Å². The number of nitriles is 1. The zero-order chi connectivity index (χ0) is 21.5. The number of rotatable bonds is 3. The summed E-state index contributed by atoms with van der Waals surface area (Å²) in [5.41, 5.74) is 2.90. The van der Waals surface area contributed by atoms with Crippen molar-refractivity contribution in [2.75, 3.05) is 5.32 Å². The van der Waals surface area contributed by atoms with Crippen LogP contribution in [0, 0.1) is 18.3 Å². The van der Waals surface area contributed by atoms with E-state index in [0.29, 0.717) is 16.6 Å². The van der Waals surface area contributed by atoms with Gasteiger partial charge in [-0.25, -0.2) is 18.5 Å². The monoisotopic (exact) mass is 502 g/mol. The minimum absolute atomic E-state index is 0.279. The molecular weight excluding hydrogens is 488 g/mol. The second kappa shape index (κ2) is 7.88. The second-order valence-electron chi connectivity index (χ2n) is 6.56. The number of amidine groups is 1.